The van der Waals surface area contributed by atoms with E-state index in [2.05, 4.69) is 40.7 Å². The van der Waals surface area contributed by atoms with Gasteiger partial charge in [-0.05, 0) is 40.2 Å². The molecule has 1 aliphatic rings. The van der Waals surface area contributed by atoms with E-state index in [9.17, 15) is 0 Å². The zero-order chi connectivity index (χ0) is 7.99. The van der Waals surface area contributed by atoms with Crippen molar-refractivity contribution in [3.8, 4) is 0 Å². The molecule has 1 rings (SSSR count). The maximum Gasteiger partial charge on any atom is 0.0845 e. The Balaban J connectivity index is 2.89. The summed E-state index contributed by atoms with van der Waals surface area (Å²) in [4.78, 5) is 0. The summed E-state index contributed by atoms with van der Waals surface area (Å²) in [6.45, 7) is 10.5. The van der Waals surface area contributed by atoms with Crippen LogP contribution in [0.1, 0.15) is 34.6 Å². The van der Waals surface area contributed by atoms with Crippen molar-refractivity contribution >= 4 is 0 Å². The molecule has 58 valence electrons. The fourth-order valence-electron chi connectivity index (χ4n) is 1.46. The summed E-state index contributed by atoms with van der Waals surface area (Å²) in [5.74, 6) is 0. The molecule has 10 heavy (non-hydrogen) atoms. The second-order valence-corrected chi connectivity index (χ2v) is 4.04. The molecule has 0 unspecified atom stereocenters. The lowest BCUT2D eigenvalue weighted by atomic mass is 10.0. The Morgan fingerprint density at radius 1 is 1.20 bits per heavy atom. The lowest BCUT2D eigenvalue weighted by Gasteiger charge is -2.25. The van der Waals surface area contributed by atoms with Crippen LogP contribution in [0.3, 0.4) is 0 Å². The van der Waals surface area contributed by atoms with Crippen LogP contribution in [-0.4, -0.2) is 11.2 Å². The van der Waals surface area contributed by atoms with Crippen LogP contribution in [0.25, 0.3) is 0 Å². The van der Waals surface area contributed by atoms with E-state index in [0.717, 1.165) is 0 Å². The third-order valence-corrected chi connectivity index (χ3v) is 2.03. The summed E-state index contributed by atoms with van der Waals surface area (Å²) in [5.41, 5.74) is 1.22. The summed E-state index contributed by atoms with van der Waals surface area (Å²) < 4.78 is 5.76. The van der Waals surface area contributed by atoms with Gasteiger partial charge < -0.3 is 4.74 Å². The van der Waals surface area contributed by atoms with Crippen molar-refractivity contribution in [2.24, 2.45) is 0 Å². The van der Waals surface area contributed by atoms with Crippen molar-refractivity contribution < 1.29 is 4.74 Å². The van der Waals surface area contributed by atoms with Crippen molar-refractivity contribution in [1.29, 1.82) is 0 Å². The van der Waals surface area contributed by atoms with Crippen LogP contribution in [0, 0.1) is 0 Å². The lowest BCUT2D eigenvalue weighted by molar-refractivity contribution is -0.0524. The molecule has 1 aliphatic heterocycles. The number of rotatable bonds is 0. The first-order valence-corrected chi connectivity index (χ1v) is 3.74. The summed E-state index contributed by atoms with van der Waals surface area (Å²) >= 11 is 0. The van der Waals surface area contributed by atoms with Gasteiger partial charge in [-0.3, -0.25) is 0 Å². The van der Waals surface area contributed by atoms with Crippen molar-refractivity contribution in [3.05, 3.63) is 11.6 Å². The third kappa shape index (κ3) is 1.24. The van der Waals surface area contributed by atoms with Gasteiger partial charge in [0.1, 0.15) is 0 Å². The van der Waals surface area contributed by atoms with E-state index >= 15 is 0 Å². The van der Waals surface area contributed by atoms with E-state index in [1.807, 2.05) is 0 Å². The Hall–Kier alpha value is -0.300. The van der Waals surface area contributed by atoms with Crippen LogP contribution in [-0.2, 0) is 4.74 Å². The van der Waals surface area contributed by atoms with Crippen molar-refractivity contribution in [3.63, 3.8) is 0 Å². The van der Waals surface area contributed by atoms with Gasteiger partial charge in [-0.2, -0.15) is 0 Å². The largest absolute Gasteiger partial charge is 0.361 e. The predicted molar refractivity (Wildman–Crippen MR) is 43.0 cm³/mol. The highest BCUT2D eigenvalue weighted by atomic mass is 16.5. The molecule has 0 aromatic rings. The number of ether oxygens (including phenoxy) is 1. The van der Waals surface area contributed by atoms with Crippen molar-refractivity contribution in [1.82, 2.24) is 0 Å². The van der Waals surface area contributed by atoms with E-state index in [-0.39, 0.29) is 11.2 Å². The van der Waals surface area contributed by atoms with Gasteiger partial charge in [0.05, 0.1) is 11.2 Å². The average Bonchev–Trinajstić information content (AvgIpc) is 1.73. The summed E-state index contributed by atoms with van der Waals surface area (Å²) in [6.07, 6.45) is 2.19. The molecule has 0 aliphatic carbocycles. The molecular formula is C9H16O. The fraction of sp³-hybridized carbons (Fsp3) is 0.778. The molecule has 0 fully saturated rings. The molecular weight excluding hydrogens is 124 g/mol. The minimum atomic E-state index is -0.0619. The van der Waals surface area contributed by atoms with Crippen LogP contribution < -0.4 is 0 Å². The molecule has 0 amide bonds. The zero-order valence-electron chi connectivity index (χ0n) is 7.49. The third-order valence-electron chi connectivity index (χ3n) is 2.03. The Morgan fingerprint density at radius 2 is 1.70 bits per heavy atom. The molecule has 0 saturated heterocycles. The Morgan fingerprint density at radius 3 is 1.80 bits per heavy atom. The molecule has 0 saturated carbocycles. The number of hydrogen-bond donors (Lipinski definition) is 0. The molecule has 1 heteroatoms. The topological polar surface area (TPSA) is 9.23 Å². The second kappa shape index (κ2) is 1.85. The molecule has 1 nitrogen and oxygen atoms in total. The first kappa shape index (κ1) is 7.80. The van der Waals surface area contributed by atoms with Crippen molar-refractivity contribution in [2.45, 2.75) is 45.8 Å². The molecule has 0 N–H and O–H groups in total. The Kier molecular flexibility index (Phi) is 1.44. The highest BCUT2D eigenvalue weighted by Crippen LogP contribution is 2.35. The maximum absolute atomic E-state index is 5.76. The minimum Gasteiger partial charge on any atom is -0.361 e. The van der Waals surface area contributed by atoms with Gasteiger partial charge >= 0.3 is 0 Å². The molecule has 0 radical (unpaired) electrons. The van der Waals surface area contributed by atoms with Gasteiger partial charge in [-0.15, -0.1) is 0 Å². The van der Waals surface area contributed by atoms with Gasteiger partial charge in [0.2, 0.25) is 0 Å². The molecule has 0 aromatic heterocycles. The van der Waals surface area contributed by atoms with Gasteiger partial charge in [0.25, 0.3) is 0 Å². The van der Waals surface area contributed by atoms with Gasteiger partial charge in [0, 0.05) is 0 Å². The molecule has 0 bridgehead atoms. The first-order chi connectivity index (χ1) is 4.33. The average molecular weight is 140 g/mol. The van der Waals surface area contributed by atoms with Crippen LogP contribution in [0.15, 0.2) is 11.6 Å². The van der Waals surface area contributed by atoms with E-state index in [0.29, 0.717) is 0 Å². The van der Waals surface area contributed by atoms with Gasteiger partial charge in [-0.1, -0.05) is 6.08 Å². The highest BCUT2D eigenvalue weighted by molar-refractivity contribution is 5.22. The van der Waals surface area contributed by atoms with Crippen LogP contribution in [0.5, 0.6) is 0 Å². The maximum atomic E-state index is 5.76. The van der Waals surface area contributed by atoms with Crippen LogP contribution >= 0.6 is 0 Å². The summed E-state index contributed by atoms with van der Waals surface area (Å²) in [6, 6.07) is 0. The first-order valence-electron chi connectivity index (χ1n) is 3.74. The van der Waals surface area contributed by atoms with Crippen LogP contribution in [0.4, 0.5) is 0 Å². The van der Waals surface area contributed by atoms with Gasteiger partial charge in [0.15, 0.2) is 0 Å². The monoisotopic (exact) mass is 140 g/mol. The molecule has 1 heterocycles. The van der Waals surface area contributed by atoms with E-state index in [1.165, 1.54) is 5.57 Å². The van der Waals surface area contributed by atoms with E-state index in [1.54, 1.807) is 0 Å². The predicted octanol–water partition coefficient (Wildman–Crippen LogP) is 2.52. The van der Waals surface area contributed by atoms with Crippen molar-refractivity contribution in [2.75, 3.05) is 0 Å². The minimum absolute atomic E-state index is 0.0521. The fourth-order valence-corrected chi connectivity index (χ4v) is 1.46. The number of hydrogen-bond acceptors (Lipinski definition) is 1. The smallest absolute Gasteiger partial charge is 0.0845 e. The highest BCUT2D eigenvalue weighted by Gasteiger charge is 2.35. The standard InChI is InChI=1S/C9H16O/c1-7-6-8(2,3)10-9(7,4)5/h6H,1-5H3. The zero-order valence-corrected chi connectivity index (χ0v) is 7.49. The molecule has 0 aromatic carbocycles. The van der Waals surface area contributed by atoms with Gasteiger partial charge in [-0.25, -0.2) is 0 Å². The Bertz CT molecular complexity index is 175. The summed E-state index contributed by atoms with van der Waals surface area (Å²) in [7, 11) is 0. The van der Waals surface area contributed by atoms with E-state index in [4.69, 9.17) is 4.74 Å². The quantitative estimate of drug-likeness (QED) is 0.470. The van der Waals surface area contributed by atoms with Crippen LogP contribution in [0.2, 0.25) is 0 Å². The molecule has 0 spiro atoms. The summed E-state index contributed by atoms with van der Waals surface area (Å²) in [5, 5.41) is 0. The van der Waals surface area contributed by atoms with E-state index < -0.39 is 0 Å². The molecule has 0 atom stereocenters. The SMILES string of the molecule is CC1=CC(C)(C)OC1(C)C. The lowest BCUT2D eigenvalue weighted by Crippen LogP contribution is -2.28. The Labute approximate surface area is 63.1 Å². The second-order valence-electron chi connectivity index (χ2n) is 4.04. The normalized spacial score (nSPS) is 28.3.